The monoisotopic (exact) mass is 623 g/mol. The zero-order chi connectivity index (χ0) is 32.4. The first kappa shape index (κ1) is 30.2. The van der Waals surface area contributed by atoms with E-state index in [9.17, 15) is 18.0 Å². The predicted octanol–water partition coefficient (Wildman–Crippen LogP) is 7.36. The molecule has 0 saturated heterocycles. The number of alkyl halides is 3. The van der Waals surface area contributed by atoms with Gasteiger partial charge in [0.1, 0.15) is 0 Å². The molecule has 0 saturated carbocycles. The molecule has 0 fully saturated rings. The SMILES string of the molecule is C=CC(=O)Nc1ccc2c(-c3cccc(C(F)(F)F)c3CNc3nc(Nc4cccnc4)nc4c(C(C)C)cnn34)nccc2c1. The van der Waals surface area contributed by atoms with Gasteiger partial charge < -0.3 is 16.0 Å². The fourth-order valence-electron chi connectivity index (χ4n) is 5.13. The van der Waals surface area contributed by atoms with E-state index in [1.165, 1.54) is 16.8 Å². The number of rotatable bonds is 9. The summed E-state index contributed by atoms with van der Waals surface area (Å²) in [7, 11) is 0. The molecular formula is C33H28F3N9O. The van der Waals surface area contributed by atoms with Gasteiger partial charge in [0.2, 0.25) is 17.8 Å². The largest absolute Gasteiger partial charge is 0.416 e. The number of amides is 1. The van der Waals surface area contributed by atoms with Crippen LogP contribution in [0.3, 0.4) is 0 Å². The van der Waals surface area contributed by atoms with Crippen LogP contribution in [-0.2, 0) is 17.5 Å². The Morgan fingerprint density at radius 3 is 2.61 bits per heavy atom. The number of carbonyl (C=O) groups excluding carboxylic acids is 1. The summed E-state index contributed by atoms with van der Waals surface area (Å²) in [5.74, 6) is 0.117. The average molecular weight is 624 g/mol. The number of carbonyl (C=O) groups is 1. The molecule has 0 aliphatic rings. The van der Waals surface area contributed by atoms with E-state index in [0.29, 0.717) is 33.5 Å². The smallest absolute Gasteiger partial charge is 0.350 e. The van der Waals surface area contributed by atoms with Gasteiger partial charge in [0, 0.05) is 41.1 Å². The molecule has 10 nitrogen and oxygen atoms in total. The minimum atomic E-state index is -4.65. The normalized spacial score (nSPS) is 11.6. The van der Waals surface area contributed by atoms with Gasteiger partial charge >= 0.3 is 6.18 Å². The number of hydrogen-bond donors (Lipinski definition) is 3. The summed E-state index contributed by atoms with van der Waals surface area (Å²) in [6.45, 7) is 7.20. The van der Waals surface area contributed by atoms with E-state index in [1.54, 1.807) is 61.1 Å². The van der Waals surface area contributed by atoms with Crippen LogP contribution in [0.1, 0.15) is 36.5 Å². The zero-order valence-electron chi connectivity index (χ0n) is 24.8. The zero-order valence-corrected chi connectivity index (χ0v) is 24.8. The standard InChI is InChI=1S/C33H28F3N9O/c1-4-28(46)41-21-10-11-23-20(15-21)12-14-38-29(23)24-8-5-9-27(33(34,35)36)26(24)17-39-32-44-31(42-22-7-6-13-37-16-22)43-30-25(19(2)3)18-40-45(30)32/h4-16,18-19H,1,17H2,2-3H3,(H,41,46)(H2,39,42,43,44). The highest BCUT2D eigenvalue weighted by atomic mass is 19.4. The average Bonchev–Trinajstić information content (AvgIpc) is 3.48. The molecule has 0 aliphatic heterocycles. The van der Waals surface area contributed by atoms with Crippen molar-refractivity contribution in [3.05, 3.63) is 109 Å². The number of benzene rings is 2. The minimum absolute atomic E-state index is 0.0243. The van der Waals surface area contributed by atoms with Crippen molar-refractivity contribution >= 4 is 45.6 Å². The maximum Gasteiger partial charge on any atom is 0.416 e. The van der Waals surface area contributed by atoms with Crippen molar-refractivity contribution in [3.8, 4) is 11.3 Å². The quantitative estimate of drug-likeness (QED) is 0.143. The predicted molar refractivity (Wildman–Crippen MR) is 171 cm³/mol. The second-order valence-corrected chi connectivity index (χ2v) is 10.7. The number of nitrogens with one attached hydrogen (secondary N) is 3. The molecule has 0 radical (unpaired) electrons. The molecule has 0 aliphatic carbocycles. The maximum absolute atomic E-state index is 14.5. The number of hydrogen-bond acceptors (Lipinski definition) is 8. The van der Waals surface area contributed by atoms with Gasteiger partial charge in [-0.25, -0.2) is 0 Å². The van der Waals surface area contributed by atoms with Crippen LogP contribution in [0.4, 0.5) is 36.4 Å². The van der Waals surface area contributed by atoms with Gasteiger partial charge in [-0.2, -0.15) is 32.8 Å². The molecule has 46 heavy (non-hydrogen) atoms. The molecule has 13 heteroatoms. The van der Waals surface area contributed by atoms with Crippen LogP contribution in [0.2, 0.25) is 0 Å². The van der Waals surface area contributed by atoms with Crippen LogP contribution in [0, 0.1) is 0 Å². The van der Waals surface area contributed by atoms with Gasteiger partial charge in [-0.05, 0) is 59.3 Å². The van der Waals surface area contributed by atoms with Crippen molar-refractivity contribution in [2.75, 3.05) is 16.0 Å². The van der Waals surface area contributed by atoms with Gasteiger partial charge in [0.05, 0.1) is 29.3 Å². The van der Waals surface area contributed by atoms with Crippen LogP contribution in [0.5, 0.6) is 0 Å². The van der Waals surface area contributed by atoms with E-state index in [1.807, 2.05) is 13.8 Å². The summed E-state index contributed by atoms with van der Waals surface area (Å²) >= 11 is 0. The Morgan fingerprint density at radius 2 is 1.87 bits per heavy atom. The summed E-state index contributed by atoms with van der Waals surface area (Å²) in [5, 5.41) is 14.7. The van der Waals surface area contributed by atoms with Gasteiger partial charge in [0.15, 0.2) is 5.65 Å². The number of halogens is 3. The third-order valence-corrected chi connectivity index (χ3v) is 7.31. The van der Waals surface area contributed by atoms with Crippen LogP contribution in [0.25, 0.3) is 27.7 Å². The third-order valence-electron chi connectivity index (χ3n) is 7.31. The van der Waals surface area contributed by atoms with Crippen LogP contribution >= 0.6 is 0 Å². The van der Waals surface area contributed by atoms with E-state index in [0.717, 1.165) is 17.7 Å². The van der Waals surface area contributed by atoms with Crippen molar-refractivity contribution in [3.63, 3.8) is 0 Å². The van der Waals surface area contributed by atoms with Gasteiger partial charge in [-0.3, -0.25) is 14.8 Å². The van der Waals surface area contributed by atoms with Crippen molar-refractivity contribution in [1.82, 2.24) is 29.5 Å². The lowest BCUT2D eigenvalue weighted by atomic mass is 9.95. The van der Waals surface area contributed by atoms with Gasteiger partial charge in [-0.15, -0.1) is 0 Å². The first-order chi connectivity index (χ1) is 22.1. The highest BCUT2D eigenvalue weighted by Gasteiger charge is 2.34. The minimum Gasteiger partial charge on any atom is -0.350 e. The lowest BCUT2D eigenvalue weighted by Crippen LogP contribution is -2.16. The fraction of sp³-hybridized carbons (Fsp3) is 0.152. The molecule has 0 spiro atoms. The van der Waals surface area contributed by atoms with E-state index < -0.39 is 11.7 Å². The second kappa shape index (κ2) is 12.3. The van der Waals surface area contributed by atoms with E-state index in [2.05, 4.69) is 47.6 Å². The molecule has 4 aromatic heterocycles. The van der Waals surface area contributed by atoms with E-state index in [4.69, 9.17) is 0 Å². The summed E-state index contributed by atoms with van der Waals surface area (Å²) in [6, 6.07) is 14.4. The van der Waals surface area contributed by atoms with Crippen molar-refractivity contribution < 1.29 is 18.0 Å². The molecule has 6 rings (SSSR count). The first-order valence-electron chi connectivity index (χ1n) is 14.3. The number of aromatic nitrogens is 6. The third kappa shape index (κ3) is 6.07. The fourth-order valence-corrected chi connectivity index (χ4v) is 5.13. The van der Waals surface area contributed by atoms with Crippen molar-refractivity contribution in [2.45, 2.75) is 32.5 Å². The van der Waals surface area contributed by atoms with E-state index >= 15 is 0 Å². The van der Waals surface area contributed by atoms with Crippen LogP contribution in [-0.4, -0.2) is 35.5 Å². The highest BCUT2D eigenvalue weighted by molar-refractivity contribution is 6.02. The summed E-state index contributed by atoms with van der Waals surface area (Å²) < 4.78 is 44.9. The molecule has 4 heterocycles. The molecule has 2 aromatic carbocycles. The van der Waals surface area contributed by atoms with Crippen molar-refractivity contribution in [2.24, 2.45) is 0 Å². The molecule has 6 aromatic rings. The Labute approximate surface area is 261 Å². The number of nitrogens with zero attached hydrogens (tertiary/aromatic N) is 6. The summed E-state index contributed by atoms with van der Waals surface area (Å²) in [5.41, 5.74) is 2.33. The molecule has 1 amide bonds. The van der Waals surface area contributed by atoms with Crippen molar-refractivity contribution in [1.29, 1.82) is 0 Å². The first-order valence-corrected chi connectivity index (χ1v) is 14.3. The molecule has 0 unspecified atom stereocenters. The Bertz CT molecular complexity index is 2080. The Balaban J connectivity index is 1.44. The number of anilines is 4. The molecular weight excluding hydrogens is 595 g/mol. The maximum atomic E-state index is 14.5. The highest BCUT2D eigenvalue weighted by Crippen LogP contribution is 2.39. The van der Waals surface area contributed by atoms with E-state index in [-0.39, 0.29) is 41.4 Å². The topological polar surface area (TPSA) is 122 Å². The van der Waals surface area contributed by atoms with Gasteiger partial charge in [-0.1, -0.05) is 38.6 Å². The number of fused-ring (bicyclic) bond motifs is 2. The Hall–Kier alpha value is -5.85. The lowest BCUT2D eigenvalue weighted by molar-refractivity contribution is -0.138. The Kier molecular flexibility index (Phi) is 8.05. The molecule has 0 bridgehead atoms. The van der Waals surface area contributed by atoms with Crippen LogP contribution in [0.15, 0.2) is 92.0 Å². The number of pyridine rings is 2. The Morgan fingerprint density at radius 1 is 1.02 bits per heavy atom. The summed E-state index contributed by atoms with van der Waals surface area (Å²) in [6.07, 6.45) is 2.95. The molecule has 232 valence electrons. The second-order valence-electron chi connectivity index (χ2n) is 10.7. The lowest BCUT2D eigenvalue weighted by Gasteiger charge is -2.19. The molecule has 3 N–H and O–H groups in total. The summed E-state index contributed by atoms with van der Waals surface area (Å²) in [4.78, 5) is 29.6. The van der Waals surface area contributed by atoms with Gasteiger partial charge in [0.25, 0.3) is 0 Å². The molecule has 0 atom stereocenters. The van der Waals surface area contributed by atoms with Crippen LogP contribution < -0.4 is 16.0 Å².